The largest absolute Gasteiger partial charge is 0.399 e. The first-order chi connectivity index (χ1) is 7.33. The van der Waals surface area contributed by atoms with Crippen LogP contribution in [0.4, 0.5) is 5.69 Å². The molecule has 4 heteroatoms. The fourth-order valence-electron chi connectivity index (χ4n) is 1.03. The van der Waals surface area contributed by atoms with Crippen molar-refractivity contribution in [3.8, 4) is 0 Å². The number of imidazole rings is 1. The monoisotopic (exact) mass is 204 g/mol. The molecular formula is C11H16N4. The molecule has 0 spiro atoms. The highest BCUT2D eigenvalue weighted by atomic mass is 14.9. The van der Waals surface area contributed by atoms with E-state index in [9.17, 15) is 0 Å². The van der Waals surface area contributed by atoms with Crippen molar-refractivity contribution in [2.45, 2.75) is 6.42 Å². The number of para-hydroxylation sites is 1. The molecule has 0 saturated heterocycles. The van der Waals surface area contributed by atoms with Gasteiger partial charge in [0.05, 0.1) is 12.0 Å². The topological polar surface area (TPSA) is 80.7 Å². The van der Waals surface area contributed by atoms with Gasteiger partial charge in [-0.25, -0.2) is 4.98 Å². The van der Waals surface area contributed by atoms with E-state index in [0.717, 1.165) is 17.8 Å². The molecule has 2 rings (SSSR count). The molecule has 15 heavy (non-hydrogen) atoms. The van der Waals surface area contributed by atoms with Crippen LogP contribution in [-0.2, 0) is 6.42 Å². The van der Waals surface area contributed by atoms with E-state index in [4.69, 9.17) is 11.5 Å². The average molecular weight is 204 g/mol. The second-order valence-electron chi connectivity index (χ2n) is 3.01. The van der Waals surface area contributed by atoms with E-state index in [0.29, 0.717) is 6.54 Å². The van der Waals surface area contributed by atoms with Crippen molar-refractivity contribution >= 4 is 5.69 Å². The van der Waals surface area contributed by atoms with Crippen molar-refractivity contribution in [2.75, 3.05) is 12.3 Å². The molecule has 0 fully saturated rings. The number of rotatable bonds is 2. The Morgan fingerprint density at radius 3 is 2.33 bits per heavy atom. The summed E-state index contributed by atoms with van der Waals surface area (Å²) in [5.41, 5.74) is 12.5. The van der Waals surface area contributed by atoms with Gasteiger partial charge in [-0.15, -0.1) is 0 Å². The van der Waals surface area contributed by atoms with E-state index in [1.54, 1.807) is 6.33 Å². The summed E-state index contributed by atoms with van der Waals surface area (Å²) in [6.07, 6.45) is 4.38. The summed E-state index contributed by atoms with van der Waals surface area (Å²) >= 11 is 0. The Morgan fingerprint density at radius 2 is 1.93 bits per heavy atom. The Bertz CT molecular complexity index is 342. The second kappa shape index (κ2) is 6.62. The number of nitrogen functional groups attached to an aromatic ring is 1. The third-order valence-electron chi connectivity index (χ3n) is 1.75. The van der Waals surface area contributed by atoms with Crippen LogP contribution in [0.2, 0.25) is 0 Å². The summed E-state index contributed by atoms with van der Waals surface area (Å²) < 4.78 is 0. The van der Waals surface area contributed by atoms with Gasteiger partial charge in [0.15, 0.2) is 0 Å². The minimum atomic E-state index is 0.671. The number of nitrogens with one attached hydrogen (secondary N) is 1. The first-order valence-electron chi connectivity index (χ1n) is 4.81. The normalized spacial score (nSPS) is 9.13. The van der Waals surface area contributed by atoms with Gasteiger partial charge < -0.3 is 16.5 Å². The maximum Gasteiger partial charge on any atom is 0.0923 e. The van der Waals surface area contributed by atoms with Crippen molar-refractivity contribution in [1.29, 1.82) is 0 Å². The average Bonchev–Trinajstić information content (AvgIpc) is 2.73. The summed E-state index contributed by atoms with van der Waals surface area (Å²) in [5, 5.41) is 0. The van der Waals surface area contributed by atoms with Gasteiger partial charge >= 0.3 is 0 Å². The molecule has 1 aromatic heterocycles. The number of aromatic amines is 1. The maximum absolute atomic E-state index is 5.36. The Labute approximate surface area is 89.3 Å². The summed E-state index contributed by atoms with van der Waals surface area (Å²) in [6.45, 7) is 0.671. The van der Waals surface area contributed by atoms with E-state index in [-0.39, 0.29) is 0 Å². The number of hydrogen-bond donors (Lipinski definition) is 3. The minimum Gasteiger partial charge on any atom is -0.399 e. The van der Waals surface area contributed by atoms with E-state index in [2.05, 4.69) is 9.97 Å². The molecule has 2 aromatic rings. The summed E-state index contributed by atoms with van der Waals surface area (Å²) in [6, 6.07) is 9.49. The molecule has 0 atom stereocenters. The minimum absolute atomic E-state index is 0.671. The molecule has 0 amide bonds. The van der Waals surface area contributed by atoms with Crippen LogP contribution in [-0.4, -0.2) is 16.5 Å². The predicted octanol–water partition coefficient (Wildman–Crippen LogP) is 1.18. The highest BCUT2D eigenvalue weighted by molar-refractivity contribution is 5.35. The molecule has 1 aromatic carbocycles. The SMILES string of the molecule is NCCc1c[nH]cn1.Nc1ccccc1. The Kier molecular flexibility index (Phi) is 4.97. The number of hydrogen-bond acceptors (Lipinski definition) is 3. The lowest BCUT2D eigenvalue weighted by Gasteiger charge is -1.85. The standard InChI is InChI=1S/C6H7N.C5H9N3/c7-6-4-2-1-3-5-6;6-2-1-5-3-7-4-8-5/h1-5H,7H2;3-4H,1-2,6H2,(H,7,8). The van der Waals surface area contributed by atoms with Gasteiger partial charge in [-0.1, -0.05) is 18.2 Å². The van der Waals surface area contributed by atoms with Crippen molar-refractivity contribution < 1.29 is 0 Å². The zero-order valence-corrected chi connectivity index (χ0v) is 8.56. The Balaban J connectivity index is 0.000000151. The number of nitrogens with zero attached hydrogens (tertiary/aromatic N) is 1. The fourth-order valence-corrected chi connectivity index (χ4v) is 1.03. The molecular weight excluding hydrogens is 188 g/mol. The van der Waals surface area contributed by atoms with Gasteiger partial charge in [0.2, 0.25) is 0 Å². The van der Waals surface area contributed by atoms with Crippen LogP contribution in [0.5, 0.6) is 0 Å². The smallest absolute Gasteiger partial charge is 0.0923 e. The molecule has 0 aliphatic heterocycles. The second-order valence-corrected chi connectivity index (χ2v) is 3.01. The molecule has 0 radical (unpaired) electrons. The first kappa shape index (κ1) is 11.3. The van der Waals surface area contributed by atoms with Crippen LogP contribution < -0.4 is 11.5 Å². The van der Waals surface area contributed by atoms with Crippen LogP contribution in [0.1, 0.15) is 5.69 Å². The van der Waals surface area contributed by atoms with Crippen molar-refractivity contribution in [2.24, 2.45) is 5.73 Å². The quantitative estimate of drug-likeness (QED) is 0.642. The number of nitrogens with two attached hydrogens (primary N) is 2. The predicted molar refractivity (Wildman–Crippen MR) is 62.2 cm³/mol. The van der Waals surface area contributed by atoms with Gasteiger partial charge in [-0.3, -0.25) is 0 Å². The molecule has 1 heterocycles. The van der Waals surface area contributed by atoms with Crippen molar-refractivity contribution in [3.63, 3.8) is 0 Å². The Morgan fingerprint density at radius 1 is 1.20 bits per heavy atom. The van der Waals surface area contributed by atoms with Crippen LogP contribution in [0.3, 0.4) is 0 Å². The molecule has 0 unspecified atom stereocenters. The molecule has 0 aliphatic rings. The third-order valence-corrected chi connectivity index (χ3v) is 1.75. The van der Waals surface area contributed by atoms with E-state index in [1.165, 1.54) is 0 Å². The molecule has 80 valence electrons. The van der Waals surface area contributed by atoms with E-state index >= 15 is 0 Å². The van der Waals surface area contributed by atoms with E-state index < -0.39 is 0 Å². The molecule has 5 N–H and O–H groups in total. The summed E-state index contributed by atoms with van der Waals surface area (Å²) in [4.78, 5) is 6.82. The molecule has 0 aliphatic carbocycles. The number of aromatic nitrogens is 2. The lowest BCUT2D eigenvalue weighted by atomic mass is 10.3. The first-order valence-corrected chi connectivity index (χ1v) is 4.81. The van der Waals surface area contributed by atoms with E-state index in [1.807, 2.05) is 36.5 Å². The van der Waals surface area contributed by atoms with Crippen LogP contribution >= 0.6 is 0 Å². The van der Waals surface area contributed by atoms with Crippen molar-refractivity contribution in [1.82, 2.24) is 9.97 Å². The van der Waals surface area contributed by atoms with Crippen LogP contribution in [0.15, 0.2) is 42.9 Å². The van der Waals surface area contributed by atoms with Gasteiger partial charge in [0.25, 0.3) is 0 Å². The van der Waals surface area contributed by atoms with Gasteiger partial charge in [-0.05, 0) is 18.7 Å². The zero-order valence-electron chi connectivity index (χ0n) is 8.56. The number of anilines is 1. The Hall–Kier alpha value is -1.81. The highest BCUT2D eigenvalue weighted by Crippen LogP contribution is 1.95. The van der Waals surface area contributed by atoms with Gasteiger partial charge in [0.1, 0.15) is 0 Å². The summed E-state index contributed by atoms with van der Waals surface area (Å²) in [7, 11) is 0. The number of benzene rings is 1. The fraction of sp³-hybridized carbons (Fsp3) is 0.182. The van der Waals surface area contributed by atoms with Crippen molar-refractivity contribution in [3.05, 3.63) is 48.5 Å². The highest BCUT2D eigenvalue weighted by Gasteiger charge is 1.87. The number of H-pyrrole nitrogens is 1. The third kappa shape index (κ3) is 4.83. The lowest BCUT2D eigenvalue weighted by Crippen LogP contribution is -2.02. The zero-order chi connectivity index (χ0) is 10.9. The maximum atomic E-state index is 5.36. The van der Waals surface area contributed by atoms with Crippen LogP contribution in [0.25, 0.3) is 0 Å². The van der Waals surface area contributed by atoms with Gasteiger partial charge in [-0.2, -0.15) is 0 Å². The van der Waals surface area contributed by atoms with Crippen LogP contribution in [0, 0.1) is 0 Å². The summed E-state index contributed by atoms with van der Waals surface area (Å²) in [5.74, 6) is 0. The lowest BCUT2D eigenvalue weighted by molar-refractivity contribution is 0.935. The molecule has 4 nitrogen and oxygen atoms in total. The van der Waals surface area contributed by atoms with Gasteiger partial charge in [0, 0.05) is 18.3 Å². The molecule has 0 saturated carbocycles. The molecule has 0 bridgehead atoms.